The van der Waals surface area contributed by atoms with Crippen molar-refractivity contribution in [3.8, 4) is 0 Å². The number of nitrogens with zero attached hydrogens (tertiary/aromatic N) is 2. The van der Waals surface area contributed by atoms with Crippen LogP contribution >= 0.6 is 0 Å². The molecule has 2 aromatic rings. The van der Waals surface area contributed by atoms with Gasteiger partial charge in [-0.15, -0.1) is 0 Å². The van der Waals surface area contributed by atoms with E-state index in [9.17, 15) is 10.1 Å². The zero-order valence-corrected chi connectivity index (χ0v) is 10.7. The number of para-hydroxylation sites is 1. The second-order valence-electron chi connectivity index (χ2n) is 4.27. The molecule has 5 heteroatoms. The van der Waals surface area contributed by atoms with Crippen molar-refractivity contribution >= 4 is 11.4 Å². The van der Waals surface area contributed by atoms with Gasteiger partial charge in [-0.1, -0.05) is 18.2 Å². The first-order valence-electron chi connectivity index (χ1n) is 6.05. The largest absolute Gasteiger partial charge is 0.379 e. The van der Waals surface area contributed by atoms with Crippen LogP contribution in [0.3, 0.4) is 0 Å². The first-order chi connectivity index (χ1) is 9.18. The summed E-state index contributed by atoms with van der Waals surface area (Å²) >= 11 is 0. The number of hydrogen-bond acceptors (Lipinski definition) is 4. The maximum absolute atomic E-state index is 11.0. The molecule has 0 saturated carbocycles. The van der Waals surface area contributed by atoms with Gasteiger partial charge in [-0.3, -0.25) is 15.1 Å². The lowest BCUT2D eigenvalue weighted by atomic mass is 10.1. The number of anilines is 1. The summed E-state index contributed by atoms with van der Waals surface area (Å²) in [6.45, 7) is 2.38. The van der Waals surface area contributed by atoms with Crippen molar-refractivity contribution in [2.75, 3.05) is 11.9 Å². The Morgan fingerprint density at radius 2 is 2.16 bits per heavy atom. The van der Waals surface area contributed by atoms with Crippen LogP contribution in [0.2, 0.25) is 0 Å². The minimum atomic E-state index is -0.345. The number of aromatic nitrogens is 1. The summed E-state index contributed by atoms with van der Waals surface area (Å²) in [6.07, 6.45) is 4.30. The number of benzene rings is 1. The van der Waals surface area contributed by atoms with Crippen molar-refractivity contribution in [3.63, 3.8) is 0 Å². The normalized spacial score (nSPS) is 10.2. The number of pyridine rings is 1. The van der Waals surface area contributed by atoms with E-state index in [1.54, 1.807) is 31.5 Å². The smallest absolute Gasteiger partial charge is 0.295 e. The van der Waals surface area contributed by atoms with E-state index < -0.39 is 0 Å². The standard InChI is InChI=1S/C14H15N3O2/c1-11-4-2-6-13(14(11)17(18)19)16-9-7-12-5-3-8-15-10-12/h2-6,8,10,16H,7,9H2,1H3. The predicted octanol–water partition coefficient (Wildman–Crippen LogP) is 2.95. The van der Waals surface area contributed by atoms with Gasteiger partial charge in [0.15, 0.2) is 0 Å². The third-order valence-corrected chi connectivity index (χ3v) is 2.87. The number of rotatable bonds is 5. The van der Waals surface area contributed by atoms with E-state index in [1.165, 1.54) is 0 Å². The summed E-state index contributed by atoms with van der Waals surface area (Å²) in [6, 6.07) is 9.15. The fraction of sp³-hybridized carbons (Fsp3) is 0.214. The Morgan fingerprint density at radius 3 is 2.84 bits per heavy atom. The Hall–Kier alpha value is -2.43. The molecule has 0 spiro atoms. The Bertz CT molecular complexity index is 570. The van der Waals surface area contributed by atoms with Gasteiger partial charge in [-0.25, -0.2) is 0 Å². The first-order valence-corrected chi connectivity index (χ1v) is 6.05. The molecule has 0 aliphatic carbocycles. The van der Waals surface area contributed by atoms with Crippen molar-refractivity contribution < 1.29 is 4.92 Å². The molecule has 5 nitrogen and oxygen atoms in total. The van der Waals surface area contributed by atoms with Crippen molar-refractivity contribution in [2.45, 2.75) is 13.3 Å². The SMILES string of the molecule is Cc1cccc(NCCc2cccnc2)c1[N+](=O)[O-]. The van der Waals surface area contributed by atoms with E-state index >= 15 is 0 Å². The molecule has 0 bridgehead atoms. The van der Waals surface area contributed by atoms with Gasteiger partial charge in [0.05, 0.1) is 4.92 Å². The fourth-order valence-corrected chi connectivity index (χ4v) is 1.93. The Balaban J connectivity index is 2.04. The van der Waals surface area contributed by atoms with Crippen molar-refractivity contribution in [1.82, 2.24) is 4.98 Å². The molecular weight excluding hydrogens is 242 g/mol. The van der Waals surface area contributed by atoms with Gasteiger partial charge in [-0.2, -0.15) is 0 Å². The number of aryl methyl sites for hydroxylation is 1. The number of nitrogens with one attached hydrogen (secondary N) is 1. The highest BCUT2D eigenvalue weighted by Crippen LogP contribution is 2.27. The molecule has 0 amide bonds. The van der Waals surface area contributed by atoms with E-state index in [4.69, 9.17) is 0 Å². The van der Waals surface area contributed by atoms with Gasteiger partial charge < -0.3 is 5.32 Å². The van der Waals surface area contributed by atoms with Crippen LogP contribution in [0.5, 0.6) is 0 Å². The molecule has 19 heavy (non-hydrogen) atoms. The quantitative estimate of drug-likeness (QED) is 0.660. The lowest BCUT2D eigenvalue weighted by molar-refractivity contribution is -0.384. The van der Waals surface area contributed by atoms with Gasteiger partial charge in [0.2, 0.25) is 0 Å². The second-order valence-corrected chi connectivity index (χ2v) is 4.27. The predicted molar refractivity (Wildman–Crippen MR) is 74.3 cm³/mol. The first kappa shape index (κ1) is 13.0. The maximum atomic E-state index is 11.0. The molecule has 1 aromatic heterocycles. The summed E-state index contributed by atoms with van der Waals surface area (Å²) in [7, 11) is 0. The van der Waals surface area contributed by atoms with Crippen LogP contribution in [0.15, 0.2) is 42.7 Å². The van der Waals surface area contributed by atoms with Gasteiger partial charge >= 0.3 is 0 Å². The van der Waals surface area contributed by atoms with Gasteiger partial charge in [0.1, 0.15) is 5.69 Å². The molecule has 0 unspecified atom stereocenters. The van der Waals surface area contributed by atoms with Gasteiger partial charge in [-0.05, 0) is 31.0 Å². The van der Waals surface area contributed by atoms with E-state index in [-0.39, 0.29) is 10.6 Å². The second kappa shape index (κ2) is 5.95. The summed E-state index contributed by atoms with van der Waals surface area (Å²) in [4.78, 5) is 14.7. The molecule has 0 atom stereocenters. The molecule has 1 heterocycles. The third-order valence-electron chi connectivity index (χ3n) is 2.87. The van der Waals surface area contributed by atoms with Crippen molar-refractivity contribution in [2.24, 2.45) is 0 Å². The topological polar surface area (TPSA) is 68.1 Å². The highest BCUT2D eigenvalue weighted by atomic mass is 16.6. The molecule has 0 radical (unpaired) electrons. The lowest BCUT2D eigenvalue weighted by Crippen LogP contribution is -2.07. The molecule has 0 fully saturated rings. The van der Waals surface area contributed by atoms with Gasteiger partial charge in [0, 0.05) is 24.5 Å². The van der Waals surface area contributed by atoms with Crippen LogP contribution in [-0.4, -0.2) is 16.5 Å². The van der Waals surface area contributed by atoms with Crippen molar-refractivity contribution in [1.29, 1.82) is 0 Å². The summed E-state index contributed by atoms with van der Waals surface area (Å²) in [5.74, 6) is 0. The van der Waals surface area contributed by atoms with Crippen LogP contribution in [0.1, 0.15) is 11.1 Å². The summed E-state index contributed by atoms with van der Waals surface area (Å²) < 4.78 is 0. The van der Waals surface area contributed by atoms with Crippen LogP contribution in [0.4, 0.5) is 11.4 Å². The molecule has 0 saturated heterocycles. The molecule has 0 aliphatic heterocycles. The highest BCUT2D eigenvalue weighted by Gasteiger charge is 2.15. The molecule has 98 valence electrons. The molecule has 0 aliphatic rings. The molecule has 1 N–H and O–H groups in total. The van der Waals surface area contributed by atoms with Crippen LogP contribution in [0.25, 0.3) is 0 Å². The third kappa shape index (κ3) is 3.28. The van der Waals surface area contributed by atoms with Crippen molar-refractivity contribution in [3.05, 3.63) is 64.0 Å². The van der Waals surface area contributed by atoms with Crippen LogP contribution < -0.4 is 5.32 Å². The zero-order chi connectivity index (χ0) is 13.7. The molecule has 2 rings (SSSR count). The number of nitro benzene ring substituents is 1. The fourth-order valence-electron chi connectivity index (χ4n) is 1.93. The summed E-state index contributed by atoms with van der Waals surface area (Å²) in [5, 5.41) is 14.1. The maximum Gasteiger partial charge on any atom is 0.295 e. The zero-order valence-electron chi connectivity index (χ0n) is 10.7. The van der Waals surface area contributed by atoms with E-state index in [2.05, 4.69) is 10.3 Å². The molecule has 1 aromatic carbocycles. The Morgan fingerprint density at radius 1 is 1.32 bits per heavy atom. The highest BCUT2D eigenvalue weighted by molar-refractivity contribution is 5.64. The monoisotopic (exact) mass is 257 g/mol. The van der Waals surface area contributed by atoms with Crippen LogP contribution in [-0.2, 0) is 6.42 Å². The number of nitro groups is 1. The van der Waals surface area contributed by atoms with E-state index in [0.717, 1.165) is 12.0 Å². The summed E-state index contributed by atoms with van der Waals surface area (Å²) in [5.41, 5.74) is 2.48. The van der Waals surface area contributed by atoms with Gasteiger partial charge in [0.25, 0.3) is 5.69 Å². The Kier molecular flexibility index (Phi) is 4.07. The Labute approximate surface area is 111 Å². The lowest BCUT2D eigenvalue weighted by Gasteiger charge is -2.08. The average Bonchev–Trinajstić information content (AvgIpc) is 2.39. The molecular formula is C14H15N3O2. The van der Waals surface area contributed by atoms with Crippen LogP contribution in [0, 0.1) is 17.0 Å². The number of hydrogen-bond donors (Lipinski definition) is 1. The minimum absolute atomic E-state index is 0.147. The average molecular weight is 257 g/mol. The van der Waals surface area contributed by atoms with E-state index in [0.29, 0.717) is 17.8 Å². The minimum Gasteiger partial charge on any atom is -0.379 e. The van der Waals surface area contributed by atoms with E-state index in [1.807, 2.05) is 18.2 Å².